The maximum Gasteiger partial charge on any atom is 0.215 e. The molecule has 0 aliphatic heterocycles. The Kier molecular flexibility index (Phi) is 3.03. The van der Waals surface area contributed by atoms with Crippen molar-refractivity contribution in [2.75, 3.05) is 6.61 Å². The Bertz CT molecular complexity index is 614. The molecule has 5 nitrogen and oxygen atoms in total. The lowest BCUT2D eigenvalue weighted by molar-refractivity contribution is 0.180. The quantitative estimate of drug-likeness (QED) is 0.383. The van der Waals surface area contributed by atoms with E-state index in [1.165, 1.54) is 19.3 Å². The second-order valence-electron chi connectivity index (χ2n) is 4.85. The monoisotopic (exact) mass is 260 g/mol. The molecule has 0 saturated heterocycles. The molecule has 1 fully saturated rings. The van der Waals surface area contributed by atoms with Gasteiger partial charge in [-0.3, -0.25) is 0 Å². The smallest absolute Gasteiger partial charge is 0.215 e. The standard InChI is InChI=1S/C14H16N2O3/c15-14(16-17)13-12(18-8-9-4-3-5-9)10-6-1-2-7-11(10)19-13/h1-2,6-7,9,17H,3-5,8H2,(H2,15,16). The Hall–Kier alpha value is -2.17. The van der Waals surface area contributed by atoms with Crippen LogP contribution < -0.4 is 10.5 Å². The number of nitrogens with two attached hydrogens (primary N) is 1. The van der Waals surface area contributed by atoms with Gasteiger partial charge in [-0.05, 0) is 30.9 Å². The van der Waals surface area contributed by atoms with Crippen molar-refractivity contribution in [3.05, 3.63) is 30.0 Å². The fourth-order valence-corrected chi connectivity index (χ4v) is 2.24. The molecule has 2 aromatic rings. The number of ether oxygens (including phenoxy) is 1. The third kappa shape index (κ3) is 2.12. The Morgan fingerprint density at radius 1 is 1.42 bits per heavy atom. The summed E-state index contributed by atoms with van der Waals surface area (Å²) in [5, 5.41) is 12.7. The van der Waals surface area contributed by atoms with Crippen LogP contribution in [0.4, 0.5) is 0 Å². The van der Waals surface area contributed by atoms with Crippen LogP contribution in [0.5, 0.6) is 5.75 Å². The summed E-state index contributed by atoms with van der Waals surface area (Å²) in [4.78, 5) is 0. The van der Waals surface area contributed by atoms with Gasteiger partial charge in [0, 0.05) is 0 Å². The lowest BCUT2D eigenvalue weighted by Gasteiger charge is -2.25. The highest BCUT2D eigenvalue weighted by atomic mass is 16.5. The van der Waals surface area contributed by atoms with E-state index < -0.39 is 0 Å². The van der Waals surface area contributed by atoms with Crippen LogP contribution in [0.25, 0.3) is 11.0 Å². The summed E-state index contributed by atoms with van der Waals surface area (Å²) in [6, 6.07) is 7.52. The Labute approximate surface area is 110 Å². The first-order valence-corrected chi connectivity index (χ1v) is 6.42. The number of furan rings is 1. The van der Waals surface area contributed by atoms with Crippen molar-refractivity contribution in [1.82, 2.24) is 0 Å². The minimum Gasteiger partial charge on any atom is -0.488 e. The van der Waals surface area contributed by atoms with E-state index >= 15 is 0 Å². The maximum atomic E-state index is 8.82. The van der Waals surface area contributed by atoms with E-state index in [0.717, 1.165) is 5.39 Å². The molecule has 0 unspecified atom stereocenters. The van der Waals surface area contributed by atoms with Gasteiger partial charge >= 0.3 is 0 Å². The molecule has 0 amide bonds. The molecule has 100 valence electrons. The number of fused-ring (bicyclic) bond motifs is 1. The van der Waals surface area contributed by atoms with Gasteiger partial charge in [0.25, 0.3) is 0 Å². The molecule has 1 heterocycles. The minimum absolute atomic E-state index is 0.0696. The Morgan fingerprint density at radius 2 is 2.21 bits per heavy atom. The zero-order valence-corrected chi connectivity index (χ0v) is 10.5. The van der Waals surface area contributed by atoms with Gasteiger partial charge in [-0.15, -0.1) is 0 Å². The van der Waals surface area contributed by atoms with Crippen LogP contribution in [0.3, 0.4) is 0 Å². The van der Waals surface area contributed by atoms with Gasteiger partial charge in [0.1, 0.15) is 5.58 Å². The highest BCUT2D eigenvalue weighted by molar-refractivity contribution is 6.03. The SMILES string of the molecule is N/C(=N/O)c1oc2ccccc2c1OCC1CCC1. The molecule has 0 atom stereocenters. The molecule has 1 aromatic heterocycles. The van der Waals surface area contributed by atoms with Gasteiger partial charge in [0.05, 0.1) is 12.0 Å². The van der Waals surface area contributed by atoms with Crippen molar-refractivity contribution in [3.8, 4) is 5.75 Å². The average Bonchev–Trinajstić information content (AvgIpc) is 2.75. The molecule has 1 aromatic carbocycles. The molecule has 0 spiro atoms. The molecule has 19 heavy (non-hydrogen) atoms. The maximum absolute atomic E-state index is 8.82. The van der Waals surface area contributed by atoms with E-state index in [2.05, 4.69) is 5.16 Å². The second-order valence-corrected chi connectivity index (χ2v) is 4.85. The Morgan fingerprint density at radius 3 is 2.89 bits per heavy atom. The van der Waals surface area contributed by atoms with E-state index in [1.807, 2.05) is 24.3 Å². The third-order valence-electron chi connectivity index (χ3n) is 3.58. The summed E-state index contributed by atoms with van der Waals surface area (Å²) in [6.07, 6.45) is 3.68. The van der Waals surface area contributed by atoms with Crippen molar-refractivity contribution in [2.45, 2.75) is 19.3 Å². The molecule has 0 bridgehead atoms. The molecule has 3 N–H and O–H groups in total. The van der Waals surface area contributed by atoms with E-state index in [4.69, 9.17) is 20.1 Å². The molecular weight excluding hydrogens is 244 g/mol. The first kappa shape index (κ1) is 11.9. The van der Waals surface area contributed by atoms with Crippen molar-refractivity contribution in [2.24, 2.45) is 16.8 Å². The largest absolute Gasteiger partial charge is 0.488 e. The number of nitrogens with zero attached hydrogens (tertiary/aromatic N) is 1. The van der Waals surface area contributed by atoms with E-state index in [0.29, 0.717) is 29.6 Å². The van der Waals surface area contributed by atoms with Crippen LogP contribution in [-0.4, -0.2) is 17.6 Å². The summed E-state index contributed by atoms with van der Waals surface area (Å²) < 4.78 is 11.4. The lowest BCUT2D eigenvalue weighted by Crippen LogP contribution is -2.20. The highest BCUT2D eigenvalue weighted by Gasteiger charge is 2.22. The fourth-order valence-electron chi connectivity index (χ4n) is 2.24. The number of amidine groups is 1. The normalized spacial score (nSPS) is 16.5. The summed E-state index contributed by atoms with van der Waals surface area (Å²) in [5.41, 5.74) is 6.31. The topological polar surface area (TPSA) is 81.0 Å². The molecule has 5 heteroatoms. The first-order chi connectivity index (χ1) is 9.29. The number of hydrogen-bond acceptors (Lipinski definition) is 4. The van der Waals surface area contributed by atoms with Crippen LogP contribution in [0, 0.1) is 5.92 Å². The average molecular weight is 260 g/mol. The van der Waals surface area contributed by atoms with Gasteiger partial charge in [0.15, 0.2) is 5.75 Å². The van der Waals surface area contributed by atoms with Crippen LogP contribution >= 0.6 is 0 Å². The fraction of sp³-hybridized carbons (Fsp3) is 0.357. The number of oxime groups is 1. The summed E-state index contributed by atoms with van der Waals surface area (Å²) in [7, 11) is 0. The first-order valence-electron chi connectivity index (χ1n) is 6.42. The van der Waals surface area contributed by atoms with Gasteiger partial charge in [-0.25, -0.2) is 0 Å². The summed E-state index contributed by atoms with van der Waals surface area (Å²) in [6.45, 7) is 0.648. The van der Waals surface area contributed by atoms with Crippen molar-refractivity contribution in [3.63, 3.8) is 0 Å². The zero-order chi connectivity index (χ0) is 13.2. The summed E-state index contributed by atoms with van der Waals surface area (Å²) >= 11 is 0. The molecule has 1 saturated carbocycles. The van der Waals surface area contributed by atoms with Crippen LogP contribution in [0.2, 0.25) is 0 Å². The predicted molar refractivity (Wildman–Crippen MR) is 71.6 cm³/mol. The minimum atomic E-state index is -0.0696. The Balaban J connectivity index is 1.97. The number of para-hydroxylation sites is 1. The van der Waals surface area contributed by atoms with Gasteiger partial charge in [-0.1, -0.05) is 23.7 Å². The van der Waals surface area contributed by atoms with E-state index in [1.54, 1.807) is 0 Å². The van der Waals surface area contributed by atoms with Crippen LogP contribution in [0.1, 0.15) is 25.0 Å². The van der Waals surface area contributed by atoms with Crippen molar-refractivity contribution < 1.29 is 14.4 Å². The van der Waals surface area contributed by atoms with E-state index in [9.17, 15) is 0 Å². The van der Waals surface area contributed by atoms with E-state index in [-0.39, 0.29) is 5.84 Å². The van der Waals surface area contributed by atoms with Crippen LogP contribution in [0.15, 0.2) is 33.8 Å². The predicted octanol–water partition coefficient (Wildman–Crippen LogP) is 2.71. The highest BCUT2D eigenvalue weighted by Crippen LogP contribution is 2.35. The zero-order valence-electron chi connectivity index (χ0n) is 10.5. The lowest BCUT2D eigenvalue weighted by atomic mass is 9.86. The summed E-state index contributed by atoms with van der Waals surface area (Å²) in [5.74, 6) is 1.40. The van der Waals surface area contributed by atoms with Crippen LogP contribution in [-0.2, 0) is 0 Å². The van der Waals surface area contributed by atoms with Gasteiger partial charge in [0.2, 0.25) is 11.6 Å². The molecule has 1 aliphatic carbocycles. The number of rotatable bonds is 4. The third-order valence-corrected chi connectivity index (χ3v) is 3.58. The van der Waals surface area contributed by atoms with Gasteiger partial charge in [-0.2, -0.15) is 0 Å². The van der Waals surface area contributed by atoms with Crippen molar-refractivity contribution >= 4 is 16.8 Å². The molecular formula is C14H16N2O3. The molecule has 1 aliphatic rings. The van der Waals surface area contributed by atoms with Crippen molar-refractivity contribution in [1.29, 1.82) is 0 Å². The number of benzene rings is 1. The second kappa shape index (κ2) is 4.84. The molecule has 3 rings (SSSR count). The number of hydrogen-bond donors (Lipinski definition) is 2. The molecule has 0 radical (unpaired) electrons. The van der Waals surface area contributed by atoms with Gasteiger partial charge < -0.3 is 20.1 Å².